The van der Waals surface area contributed by atoms with Gasteiger partial charge in [0.25, 0.3) is 0 Å². The van der Waals surface area contributed by atoms with Crippen LogP contribution in [-0.4, -0.2) is 22.6 Å². The van der Waals surface area contributed by atoms with Crippen LogP contribution in [0.5, 0.6) is 0 Å². The lowest BCUT2D eigenvalue weighted by Gasteiger charge is -2.30. The molecule has 1 aliphatic carbocycles. The maximum absolute atomic E-state index is 11.4. The zero-order valence-electron chi connectivity index (χ0n) is 12.9. The summed E-state index contributed by atoms with van der Waals surface area (Å²) in [6.07, 6.45) is 3.94. The van der Waals surface area contributed by atoms with E-state index in [9.17, 15) is 15.2 Å². The summed E-state index contributed by atoms with van der Waals surface area (Å²) in [6, 6.07) is 1.93. The lowest BCUT2D eigenvalue weighted by atomic mass is 10.1. The van der Waals surface area contributed by atoms with Crippen molar-refractivity contribution in [2.24, 2.45) is 5.92 Å². The Morgan fingerprint density at radius 1 is 1.43 bits per heavy atom. The molecule has 1 fully saturated rings. The minimum Gasteiger partial charge on any atom is -0.388 e. The maximum Gasteiger partial charge on any atom is 0.304 e. The smallest absolute Gasteiger partial charge is 0.304 e. The van der Waals surface area contributed by atoms with E-state index in [1.807, 2.05) is 0 Å². The summed E-state index contributed by atoms with van der Waals surface area (Å²) >= 11 is 1.37. The molecule has 118 valence electrons. The van der Waals surface area contributed by atoms with Gasteiger partial charge in [0, 0.05) is 23.5 Å². The Bertz CT molecular complexity index is 493. The molecule has 1 unspecified atom stereocenters. The van der Waals surface area contributed by atoms with Crippen molar-refractivity contribution in [2.45, 2.75) is 58.6 Å². The zero-order chi connectivity index (χ0) is 15.6. The summed E-state index contributed by atoms with van der Waals surface area (Å²) < 4.78 is 0. The Morgan fingerprint density at radius 3 is 2.52 bits per heavy atom. The van der Waals surface area contributed by atoms with Gasteiger partial charge in [-0.1, -0.05) is 26.7 Å². The first-order chi connectivity index (χ1) is 9.90. The molecule has 1 aliphatic rings. The largest absolute Gasteiger partial charge is 0.388 e. The van der Waals surface area contributed by atoms with E-state index in [0.717, 1.165) is 24.4 Å². The van der Waals surface area contributed by atoms with E-state index in [4.69, 9.17) is 0 Å². The maximum atomic E-state index is 11.4. The van der Waals surface area contributed by atoms with Crippen LogP contribution >= 0.6 is 11.3 Å². The van der Waals surface area contributed by atoms with E-state index in [0.29, 0.717) is 16.8 Å². The van der Waals surface area contributed by atoms with Crippen LogP contribution < -0.4 is 4.90 Å². The molecule has 0 spiro atoms. The van der Waals surface area contributed by atoms with Gasteiger partial charge in [0.2, 0.25) is 0 Å². The molecule has 1 atom stereocenters. The number of anilines is 1. The molecule has 0 aliphatic heterocycles. The molecule has 6 heteroatoms. The monoisotopic (exact) mass is 312 g/mol. The first-order valence-electron chi connectivity index (χ1n) is 7.63. The molecule has 1 N–H and O–H groups in total. The topological polar surface area (TPSA) is 66.6 Å². The third kappa shape index (κ3) is 3.74. The molecule has 1 heterocycles. The first-order valence-corrected chi connectivity index (χ1v) is 8.44. The van der Waals surface area contributed by atoms with Gasteiger partial charge in [0.15, 0.2) is 5.00 Å². The number of thiophene rings is 1. The molecule has 0 amide bonds. The van der Waals surface area contributed by atoms with Crippen LogP contribution in [0.25, 0.3) is 0 Å². The van der Waals surface area contributed by atoms with Gasteiger partial charge < -0.3 is 10.0 Å². The van der Waals surface area contributed by atoms with E-state index in [1.54, 1.807) is 6.92 Å². The predicted molar refractivity (Wildman–Crippen MR) is 86.0 cm³/mol. The molecule has 1 aromatic rings. The molecule has 5 nitrogen and oxygen atoms in total. The fraction of sp³-hybridized carbons (Fsp3) is 0.733. The van der Waals surface area contributed by atoms with Gasteiger partial charge in [-0.3, -0.25) is 10.1 Å². The Kier molecular flexibility index (Phi) is 5.22. The summed E-state index contributed by atoms with van der Waals surface area (Å²) in [6.45, 7) is 6.75. The van der Waals surface area contributed by atoms with Crippen molar-refractivity contribution in [3.63, 3.8) is 0 Å². The third-order valence-corrected chi connectivity index (χ3v) is 5.24. The summed E-state index contributed by atoms with van der Waals surface area (Å²) in [5, 5.41) is 21.8. The van der Waals surface area contributed by atoms with Gasteiger partial charge in [-0.15, -0.1) is 11.3 Å². The van der Waals surface area contributed by atoms with Crippen molar-refractivity contribution < 1.29 is 10.0 Å². The summed E-state index contributed by atoms with van der Waals surface area (Å²) in [4.78, 5) is 13.9. The number of nitro groups is 1. The molecule has 1 aromatic heterocycles. The highest BCUT2D eigenvalue weighted by atomic mass is 32.1. The van der Waals surface area contributed by atoms with Gasteiger partial charge >= 0.3 is 5.69 Å². The fourth-order valence-electron chi connectivity index (χ4n) is 2.94. The van der Waals surface area contributed by atoms with Crippen LogP contribution in [0.1, 0.15) is 57.4 Å². The lowest BCUT2D eigenvalue weighted by molar-refractivity contribution is -0.383. The Hall–Kier alpha value is -1.14. The molecular formula is C15H24N2O3S. The SMILES string of the molecule is CC(C)CN(c1sc(C(C)O)cc1[N+](=O)[O-])C1CCCC1. The summed E-state index contributed by atoms with van der Waals surface area (Å²) in [5.74, 6) is 0.447. The minimum atomic E-state index is -0.660. The molecule has 21 heavy (non-hydrogen) atoms. The van der Waals surface area contributed by atoms with Gasteiger partial charge in [0.05, 0.1) is 11.0 Å². The van der Waals surface area contributed by atoms with Crippen molar-refractivity contribution in [3.05, 3.63) is 21.1 Å². The third-order valence-electron chi connectivity index (χ3n) is 3.91. The molecule has 0 aromatic carbocycles. The Labute approximate surface area is 129 Å². The van der Waals surface area contributed by atoms with E-state index in [1.165, 1.54) is 30.2 Å². The Morgan fingerprint density at radius 2 is 2.05 bits per heavy atom. The zero-order valence-corrected chi connectivity index (χ0v) is 13.7. The molecular weight excluding hydrogens is 288 g/mol. The van der Waals surface area contributed by atoms with Crippen LogP contribution in [0.15, 0.2) is 6.07 Å². The number of aliphatic hydroxyl groups excluding tert-OH is 1. The molecule has 2 rings (SSSR count). The first kappa shape index (κ1) is 16.2. The summed E-state index contributed by atoms with van der Waals surface area (Å²) in [5.41, 5.74) is 0.142. The molecule has 0 radical (unpaired) electrons. The van der Waals surface area contributed by atoms with Crippen molar-refractivity contribution in [1.82, 2.24) is 0 Å². The average molecular weight is 312 g/mol. The lowest BCUT2D eigenvalue weighted by Crippen LogP contribution is -2.36. The fourth-order valence-corrected chi connectivity index (χ4v) is 4.08. The highest BCUT2D eigenvalue weighted by Gasteiger charge is 2.31. The van der Waals surface area contributed by atoms with E-state index >= 15 is 0 Å². The predicted octanol–water partition coefficient (Wildman–Crippen LogP) is 4.11. The molecule has 0 saturated heterocycles. The van der Waals surface area contributed by atoms with Gasteiger partial charge in [0.1, 0.15) is 0 Å². The second-order valence-electron chi connectivity index (χ2n) is 6.26. The van der Waals surface area contributed by atoms with Crippen LogP contribution in [0.4, 0.5) is 10.7 Å². The van der Waals surface area contributed by atoms with Crippen LogP contribution in [-0.2, 0) is 0 Å². The van der Waals surface area contributed by atoms with Crippen molar-refractivity contribution >= 4 is 22.0 Å². The van der Waals surface area contributed by atoms with Crippen molar-refractivity contribution in [1.29, 1.82) is 0 Å². The van der Waals surface area contributed by atoms with E-state index in [2.05, 4.69) is 18.7 Å². The van der Waals surface area contributed by atoms with Gasteiger partial charge in [-0.05, 0) is 25.7 Å². The molecule has 0 bridgehead atoms. The molecule has 1 saturated carbocycles. The second-order valence-corrected chi connectivity index (χ2v) is 7.32. The second kappa shape index (κ2) is 6.75. The van der Waals surface area contributed by atoms with Gasteiger partial charge in [-0.2, -0.15) is 0 Å². The van der Waals surface area contributed by atoms with E-state index < -0.39 is 6.10 Å². The van der Waals surface area contributed by atoms with Crippen LogP contribution in [0.3, 0.4) is 0 Å². The van der Waals surface area contributed by atoms with E-state index in [-0.39, 0.29) is 10.6 Å². The average Bonchev–Trinajstić information content (AvgIpc) is 3.05. The number of hydrogen-bond acceptors (Lipinski definition) is 5. The minimum absolute atomic E-state index is 0.142. The Balaban J connectivity index is 2.39. The standard InChI is InChI=1S/C15H24N2O3S/c1-10(2)9-16(12-6-4-5-7-12)15-13(17(19)20)8-14(21-15)11(3)18/h8,10-12,18H,4-7,9H2,1-3H3. The number of rotatable bonds is 6. The highest BCUT2D eigenvalue weighted by molar-refractivity contribution is 7.16. The normalized spacial score (nSPS) is 17.4. The number of aliphatic hydroxyl groups is 1. The van der Waals surface area contributed by atoms with Crippen molar-refractivity contribution in [3.8, 4) is 0 Å². The van der Waals surface area contributed by atoms with Crippen molar-refractivity contribution in [2.75, 3.05) is 11.4 Å². The van der Waals surface area contributed by atoms with Crippen LogP contribution in [0.2, 0.25) is 0 Å². The quantitative estimate of drug-likeness (QED) is 0.634. The van der Waals surface area contributed by atoms with Crippen LogP contribution in [0, 0.1) is 16.0 Å². The van der Waals surface area contributed by atoms with Gasteiger partial charge in [-0.25, -0.2) is 0 Å². The number of nitrogens with zero attached hydrogens (tertiary/aromatic N) is 2. The number of hydrogen-bond donors (Lipinski definition) is 1. The summed E-state index contributed by atoms with van der Waals surface area (Å²) in [7, 11) is 0. The highest BCUT2D eigenvalue weighted by Crippen LogP contribution is 2.43.